The molecule has 0 aliphatic heterocycles. The molecule has 0 rings (SSSR count). The third-order valence-corrected chi connectivity index (χ3v) is 1.23. The Labute approximate surface area is 74.5 Å². The zero-order valence-corrected chi connectivity index (χ0v) is 7.59. The fourth-order valence-electron chi connectivity index (χ4n) is 0.565. The van der Waals surface area contributed by atoms with Gasteiger partial charge in [0.05, 0.1) is 5.70 Å². The van der Waals surface area contributed by atoms with Crippen LogP contribution in [0.1, 0.15) is 13.3 Å². The van der Waals surface area contributed by atoms with Gasteiger partial charge in [-0.05, 0) is 12.0 Å². The van der Waals surface area contributed by atoms with E-state index in [-0.39, 0.29) is 0 Å². The molecule has 0 aromatic carbocycles. The molecular formula is C11H15N. The molecule has 0 heterocycles. The molecule has 1 heteroatoms. The van der Waals surface area contributed by atoms with Crippen LogP contribution in [-0.4, -0.2) is 6.21 Å². The van der Waals surface area contributed by atoms with Crippen LogP contribution < -0.4 is 0 Å². The summed E-state index contributed by atoms with van der Waals surface area (Å²) in [7, 11) is 0. The third-order valence-electron chi connectivity index (χ3n) is 1.23. The summed E-state index contributed by atoms with van der Waals surface area (Å²) in [6.07, 6.45) is 8.08. The minimum atomic E-state index is 0.704. The first-order valence-corrected chi connectivity index (χ1v) is 3.92. The highest BCUT2D eigenvalue weighted by Gasteiger charge is 1.89. The average Bonchev–Trinajstić information content (AvgIpc) is 2.10. The van der Waals surface area contributed by atoms with Gasteiger partial charge in [0.15, 0.2) is 0 Å². The molecule has 0 saturated heterocycles. The molecule has 0 spiro atoms. The lowest BCUT2D eigenvalue weighted by molar-refractivity contribution is 1.28. The number of hydrogen-bond acceptors (Lipinski definition) is 1. The van der Waals surface area contributed by atoms with E-state index in [0.29, 0.717) is 5.70 Å². The van der Waals surface area contributed by atoms with Crippen LogP contribution in [-0.2, 0) is 0 Å². The molecular weight excluding hydrogens is 146 g/mol. The second kappa shape index (κ2) is 6.35. The van der Waals surface area contributed by atoms with E-state index >= 15 is 0 Å². The van der Waals surface area contributed by atoms with E-state index < -0.39 is 0 Å². The Morgan fingerprint density at radius 2 is 2.08 bits per heavy atom. The van der Waals surface area contributed by atoms with Crippen LogP contribution >= 0.6 is 0 Å². The van der Waals surface area contributed by atoms with Gasteiger partial charge in [0.1, 0.15) is 0 Å². The van der Waals surface area contributed by atoms with Gasteiger partial charge in [-0.25, -0.2) is 0 Å². The predicted octanol–water partition coefficient (Wildman–Crippen LogP) is 3.28. The first-order chi connectivity index (χ1) is 5.72. The summed E-state index contributed by atoms with van der Waals surface area (Å²) in [6.45, 7) is 13.1. The summed E-state index contributed by atoms with van der Waals surface area (Å²) < 4.78 is 0. The number of aliphatic imine (C=N–C) groups is 1. The van der Waals surface area contributed by atoms with E-state index in [1.807, 2.05) is 25.3 Å². The smallest absolute Gasteiger partial charge is 0.0620 e. The van der Waals surface area contributed by atoms with Crippen LogP contribution in [0.2, 0.25) is 0 Å². The van der Waals surface area contributed by atoms with Crippen molar-refractivity contribution in [3.63, 3.8) is 0 Å². The van der Waals surface area contributed by atoms with Crippen molar-refractivity contribution in [3.8, 4) is 0 Å². The van der Waals surface area contributed by atoms with Gasteiger partial charge in [0.25, 0.3) is 0 Å². The van der Waals surface area contributed by atoms with Gasteiger partial charge in [-0.3, -0.25) is 4.99 Å². The summed E-state index contributed by atoms with van der Waals surface area (Å²) in [5, 5.41) is 0. The van der Waals surface area contributed by atoms with Gasteiger partial charge in [0.2, 0.25) is 0 Å². The maximum atomic E-state index is 4.09. The second-order valence-electron chi connectivity index (χ2n) is 2.29. The Morgan fingerprint density at radius 3 is 2.58 bits per heavy atom. The van der Waals surface area contributed by atoms with E-state index in [9.17, 15) is 0 Å². The standard InChI is InChI=1S/C11H15N/c1-5-7-8-10(3)11(4)12-9-6-2/h5,7-9H,1,3-4,6H2,2H3/b8-7-,12-9?. The van der Waals surface area contributed by atoms with Crippen LogP contribution in [0.25, 0.3) is 0 Å². The van der Waals surface area contributed by atoms with Crippen LogP contribution in [0.15, 0.2) is 54.2 Å². The van der Waals surface area contributed by atoms with Crippen LogP contribution in [0.3, 0.4) is 0 Å². The Hall–Kier alpha value is -1.37. The highest BCUT2D eigenvalue weighted by molar-refractivity contribution is 5.60. The Morgan fingerprint density at radius 1 is 1.42 bits per heavy atom. The van der Waals surface area contributed by atoms with Gasteiger partial charge >= 0.3 is 0 Å². The van der Waals surface area contributed by atoms with E-state index in [4.69, 9.17) is 0 Å². The monoisotopic (exact) mass is 161 g/mol. The third kappa shape index (κ3) is 4.45. The summed E-state index contributed by atoms with van der Waals surface area (Å²) in [4.78, 5) is 4.09. The Balaban J connectivity index is 4.11. The fraction of sp³-hybridized carbons (Fsp3) is 0.182. The minimum absolute atomic E-state index is 0.704. The molecule has 0 aliphatic carbocycles. The number of rotatable bonds is 5. The highest BCUT2D eigenvalue weighted by Crippen LogP contribution is 2.07. The zero-order chi connectivity index (χ0) is 9.40. The molecule has 64 valence electrons. The Bertz CT molecular complexity index is 231. The van der Waals surface area contributed by atoms with Crippen LogP contribution in [0, 0.1) is 0 Å². The van der Waals surface area contributed by atoms with E-state index in [1.165, 1.54) is 0 Å². The van der Waals surface area contributed by atoms with Crippen molar-refractivity contribution in [2.75, 3.05) is 0 Å². The summed E-state index contributed by atoms with van der Waals surface area (Å²) in [5.41, 5.74) is 1.52. The lowest BCUT2D eigenvalue weighted by Gasteiger charge is -1.96. The summed E-state index contributed by atoms with van der Waals surface area (Å²) in [6, 6.07) is 0. The maximum absolute atomic E-state index is 4.09. The molecule has 0 N–H and O–H groups in total. The lowest BCUT2D eigenvalue weighted by Crippen LogP contribution is -1.79. The van der Waals surface area contributed by atoms with Crippen molar-refractivity contribution in [1.82, 2.24) is 0 Å². The topological polar surface area (TPSA) is 12.4 Å². The van der Waals surface area contributed by atoms with Crippen molar-refractivity contribution >= 4 is 6.21 Å². The van der Waals surface area contributed by atoms with Gasteiger partial charge in [-0.1, -0.05) is 44.9 Å². The molecule has 0 atom stereocenters. The van der Waals surface area contributed by atoms with Crippen molar-refractivity contribution < 1.29 is 0 Å². The molecule has 0 aromatic heterocycles. The van der Waals surface area contributed by atoms with Crippen molar-refractivity contribution in [2.45, 2.75) is 13.3 Å². The van der Waals surface area contributed by atoms with Crippen LogP contribution in [0.5, 0.6) is 0 Å². The van der Waals surface area contributed by atoms with Crippen molar-refractivity contribution in [2.24, 2.45) is 4.99 Å². The van der Waals surface area contributed by atoms with Crippen molar-refractivity contribution in [1.29, 1.82) is 0 Å². The van der Waals surface area contributed by atoms with Gasteiger partial charge in [-0.15, -0.1) is 0 Å². The molecule has 0 bridgehead atoms. The van der Waals surface area contributed by atoms with Gasteiger partial charge in [-0.2, -0.15) is 0 Å². The summed E-state index contributed by atoms with van der Waals surface area (Å²) in [5.74, 6) is 0. The van der Waals surface area contributed by atoms with E-state index in [1.54, 1.807) is 6.08 Å². The first kappa shape index (κ1) is 10.6. The largest absolute Gasteiger partial charge is 0.261 e. The molecule has 0 unspecified atom stereocenters. The average molecular weight is 161 g/mol. The quantitative estimate of drug-likeness (QED) is 0.433. The molecule has 0 aliphatic rings. The number of hydrogen-bond donors (Lipinski definition) is 0. The normalized spacial score (nSPS) is 10.8. The molecule has 1 nitrogen and oxygen atoms in total. The molecule has 0 saturated carbocycles. The number of nitrogens with zero attached hydrogens (tertiary/aromatic N) is 1. The van der Waals surface area contributed by atoms with E-state index in [2.05, 4.69) is 24.7 Å². The molecule has 12 heavy (non-hydrogen) atoms. The first-order valence-electron chi connectivity index (χ1n) is 3.92. The lowest BCUT2D eigenvalue weighted by atomic mass is 10.2. The molecule has 0 amide bonds. The maximum Gasteiger partial charge on any atom is 0.0620 e. The van der Waals surface area contributed by atoms with Crippen molar-refractivity contribution in [3.05, 3.63) is 49.2 Å². The van der Waals surface area contributed by atoms with Crippen LogP contribution in [0.4, 0.5) is 0 Å². The van der Waals surface area contributed by atoms with Gasteiger partial charge in [0, 0.05) is 6.21 Å². The SMILES string of the molecule is C=C/C=C\C(=C)C(=C)N=CCC. The summed E-state index contributed by atoms with van der Waals surface area (Å²) >= 11 is 0. The fourth-order valence-corrected chi connectivity index (χ4v) is 0.565. The Kier molecular flexibility index (Phi) is 5.62. The molecule has 0 radical (unpaired) electrons. The second-order valence-corrected chi connectivity index (χ2v) is 2.29. The number of allylic oxidation sites excluding steroid dienone is 3. The minimum Gasteiger partial charge on any atom is -0.261 e. The van der Waals surface area contributed by atoms with Gasteiger partial charge < -0.3 is 0 Å². The van der Waals surface area contributed by atoms with E-state index in [0.717, 1.165) is 12.0 Å². The highest BCUT2D eigenvalue weighted by atomic mass is 14.7. The zero-order valence-electron chi connectivity index (χ0n) is 7.59. The predicted molar refractivity (Wildman–Crippen MR) is 56.4 cm³/mol. The molecule has 0 aromatic rings. The molecule has 0 fully saturated rings.